The van der Waals surface area contributed by atoms with Gasteiger partial charge in [-0.1, -0.05) is 19.1 Å². The minimum Gasteiger partial charge on any atom is -0.464 e. The summed E-state index contributed by atoms with van der Waals surface area (Å²) in [4.78, 5) is 13.0. The van der Waals surface area contributed by atoms with Crippen LogP contribution in [0.5, 0.6) is 0 Å². The summed E-state index contributed by atoms with van der Waals surface area (Å²) in [6.45, 7) is 5.71. The van der Waals surface area contributed by atoms with Gasteiger partial charge in [-0.3, -0.25) is 4.79 Å². The first kappa shape index (κ1) is 21.0. The normalized spacial score (nSPS) is 28.5. The first-order chi connectivity index (χ1) is 15.9. The molecule has 2 fully saturated rings. The van der Waals surface area contributed by atoms with Gasteiger partial charge in [-0.15, -0.1) is 0 Å². The van der Waals surface area contributed by atoms with Crippen molar-refractivity contribution in [2.24, 2.45) is 5.92 Å². The highest BCUT2D eigenvalue weighted by atomic mass is 16.3. The molecular formula is C29H35N2O2+. The van der Waals surface area contributed by atoms with Crippen LogP contribution in [0.25, 0.3) is 11.0 Å². The summed E-state index contributed by atoms with van der Waals surface area (Å²) in [6.07, 6.45) is 9.04. The Bertz CT molecular complexity index is 1210. The van der Waals surface area contributed by atoms with E-state index in [0.717, 1.165) is 41.3 Å². The maximum absolute atomic E-state index is 13.0. The number of piperidine rings is 1. The van der Waals surface area contributed by atoms with E-state index in [0.29, 0.717) is 6.54 Å². The van der Waals surface area contributed by atoms with E-state index in [9.17, 15) is 4.79 Å². The maximum Gasteiger partial charge on any atom is 0.251 e. The summed E-state index contributed by atoms with van der Waals surface area (Å²) in [7, 11) is 2.50. The molecule has 4 nitrogen and oxygen atoms in total. The number of benzene rings is 2. The van der Waals surface area contributed by atoms with Crippen LogP contribution >= 0.6 is 0 Å². The molecule has 2 heterocycles. The Morgan fingerprint density at radius 2 is 2.06 bits per heavy atom. The Labute approximate surface area is 196 Å². The monoisotopic (exact) mass is 443 g/mol. The Balaban J connectivity index is 1.14. The minimum atomic E-state index is 0.0399. The molecule has 1 saturated heterocycles. The number of fused-ring (bicyclic) bond motifs is 5. The van der Waals surface area contributed by atoms with Crippen LogP contribution in [0.3, 0.4) is 0 Å². The lowest BCUT2D eigenvalue weighted by Crippen LogP contribution is -2.63. The lowest BCUT2D eigenvalue weighted by Gasteiger charge is -2.54. The fourth-order valence-corrected chi connectivity index (χ4v) is 6.50. The fourth-order valence-electron chi connectivity index (χ4n) is 6.50. The molecule has 0 radical (unpaired) electrons. The third-order valence-corrected chi connectivity index (χ3v) is 8.81. The molecule has 2 aromatic carbocycles. The van der Waals surface area contributed by atoms with Gasteiger partial charge in [-0.05, 0) is 66.3 Å². The number of carbonyl (C=O) groups is 1. The van der Waals surface area contributed by atoms with Crippen molar-refractivity contribution < 1.29 is 13.7 Å². The van der Waals surface area contributed by atoms with Gasteiger partial charge >= 0.3 is 0 Å². The SMILES string of the molecule is C[C@]12CC[N+](C)(CC3CC3)C(Cc3ccc(C(=O)NCCc4ccc5occc5c4)cc31)C2. The highest BCUT2D eigenvalue weighted by Gasteiger charge is 2.51. The van der Waals surface area contributed by atoms with Crippen LogP contribution < -0.4 is 5.32 Å². The van der Waals surface area contributed by atoms with Gasteiger partial charge in [0.2, 0.25) is 0 Å². The van der Waals surface area contributed by atoms with Crippen molar-refractivity contribution in [2.45, 2.75) is 56.9 Å². The molecule has 172 valence electrons. The smallest absolute Gasteiger partial charge is 0.251 e. The highest BCUT2D eigenvalue weighted by molar-refractivity contribution is 5.94. The summed E-state index contributed by atoms with van der Waals surface area (Å²) in [5, 5.41) is 4.25. The van der Waals surface area contributed by atoms with E-state index < -0.39 is 0 Å². The second-order valence-electron chi connectivity index (χ2n) is 11.4. The Kier molecular flexibility index (Phi) is 4.91. The number of carbonyl (C=O) groups excluding carboxylic acids is 1. The number of furan rings is 1. The third-order valence-electron chi connectivity index (χ3n) is 8.81. The van der Waals surface area contributed by atoms with Crippen molar-refractivity contribution in [2.75, 3.05) is 26.7 Å². The van der Waals surface area contributed by atoms with Gasteiger partial charge in [-0.2, -0.15) is 0 Å². The summed E-state index contributed by atoms with van der Waals surface area (Å²) in [6, 6.07) is 15.4. The van der Waals surface area contributed by atoms with E-state index >= 15 is 0 Å². The number of rotatable bonds is 6. The van der Waals surface area contributed by atoms with Crippen LogP contribution in [0.4, 0.5) is 0 Å². The largest absolute Gasteiger partial charge is 0.464 e. The van der Waals surface area contributed by atoms with Gasteiger partial charge in [0.05, 0.1) is 32.4 Å². The number of quaternary nitrogens is 1. The molecule has 3 aliphatic rings. The Morgan fingerprint density at radius 1 is 1.18 bits per heavy atom. The molecule has 4 heteroatoms. The van der Waals surface area contributed by atoms with Crippen LogP contribution in [-0.2, 0) is 18.3 Å². The van der Waals surface area contributed by atoms with Crippen molar-refractivity contribution >= 4 is 16.9 Å². The molecule has 0 spiro atoms. The predicted octanol–water partition coefficient (Wildman–Crippen LogP) is 5.24. The van der Waals surface area contributed by atoms with E-state index in [2.05, 4.69) is 43.6 Å². The lowest BCUT2D eigenvalue weighted by molar-refractivity contribution is -0.941. The zero-order chi connectivity index (χ0) is 22.6. The quantitative estimate of drug-likeness (QED) is 0.530. The van der Waals surface area contributed by atoms with E-state index in [1.165, 1.54) is 59.9 Å². The molecule has 33 heavy (non-hydrogen) atoms. The van der Waals surface area contributed by atoms with Gasteiger partial charge < -0.3 is 14.2 Å². The zero-order valence-corrected chi connectivity index (χ0v) is 19.9. The number of nitrogens with one attached hydrogen (secondary N) is 1. The number of likely N-dealkylation sites (N-methyl/N-ethyl adjacent to an activating group) is 1. The summed E-state index contributed by atoms with van der Waals surface area (Å²) >= 11 is 0. The minimum absolute atomic E-state index is 0.0399. The average molecular weight is 444 g/mol. The molecule has 1 amide bonds. The maximum atomic E-state index is 13.0. The van der Waals surface area contributed by atoms with E-state index in [1.807, 2.05) is 18.2 Å². The standard InChI is InChI=1S/C29H34N2O2/c1-29-11-13-31(2,19-21-3-4-21)25(18-29)16-22-6-7-24(17-26(22)29)28(32)30-12-9-20-5-8-27-23(15-20)10-14-33-27/h5-8,10,14-15,17,21,25H,3-4,9,11-13,16,18-19H2,1-2H3/p+1/t25?,29-,31?/m1/s1. The molecule has 2 aliphatic carbocycles. The molecule has 2 bridgehead atoms. The van der Waals surface area contributed by atoms with Gasteiger partial charge in [0, 0.05) is 48.1 Å². The predicted molar refractivity (Wildman–Crippen MR) is 131 cm³/mol. The zero-order valence-electron chi connectivity index (χ0n) is 19.9. The topological polar surface area (TPSA) is 42.2 Å². The number of nitrogens with zero attached hydrogens (tertiary/aromatic N) is 1. The van der Waals surface area contributed by atoms with Crippen LogP contribution in [0.1, 0.15) is 59.7 Å². The molecule has 1 aliphatic heterocycles. The highest BCUT2D eigenvalue weighted by Crippen LogP contribution is 2.48. The molecule has 3 aromatic rings. The van der Waals surface area contributed by atoms with Crippen LogP contribution in [0.2, 0.25) is 0 Å². The second-order valence-corrected chi connectivity index (χ2v) is 11.4. The molecule has 1 aromatic heterocycles. The summed E-state index contributed by atoms with van der Waals surface area (Å²) in [5.41, 5.74) is 6.02. The summed E-state index contributed by atoms with van der Waals surface area (Å²) < 4.78 is 6.67. The van der Waals surface area contributed by atoms with Gasteiger partial charge in [0.1, 0.15) is 5.58 Å². The molecule has 6 rings (SSSR count). The lowest BCUT2D eigenvalue weighted by atomic mass is 9.64. The molecule has 3 atom stereocenters. The fraction of sp³-hybridized carbons (Fsp3) is 0.483. The van der Waals surface area contributed by atoms with Gasteiger partial charge in [0.25, 0.3) is 5.91 Å². The van der Waals surface area contributed by atoms with Crippen molar-refractivity contribution in [3.05, 3.63) is 71.0 Å². The molecular weight excluding hydrogens is 408 g/mol. The van der Waals surface area contributed by atoms with Gasteiger partial charge in [0.15, 0.2) is 0 Å². The molecule has 1 saturated carbocycles. The number of hydrogen-bond acceptors (Lipinski definition) is 2. The van der Waals surface area contributed by atoms with Gasteiger partial charge in [-0.25, -0.2) is 0 Å². The van der Waals surface area contributed by atoms with E-state index in [4.69, 9.17) is 4.42 Å². The molecule has 1 N–H and O–H groups in total. The third kappa shape index (κ3) is 3.89. The first-order valence-electron chi connectivity index (χ1n) is 12.6. The Hall–Kier alpha value is -2.59. The van der Waals surface area contributed by atoms with Crippen molar-refractivity contribution in [3.63, 3.8) is 0 Å². The van der Waals surface area contributed by atoms with Crippen molar-refractivity contribution in [3.8, 4) is 0 Å². The number of likely N-dealkylation sites (tertiary alicyclic amines) is 1. The number of hydrogen-bond donors (Lipinski definition) is 1. The average Bonchev–Trinajstić information content (AvgIpc) is 3.49. The van der Waals surface area contributed by atoms with E-state index in [-0.39, 0.29) is 11.3 Å². The molecule has 2 unspecified atom stereocenters. The second kappa shape index (κ2) is 7.73. The van der Waals surface area contributed by atoms with Crippen LogP contribution in [-0.4, -0.2) is 43.1 Å². The van der Waals surface area contributed by atoms with Crippen LogP contribution in [0, 0.1) is 5.92 Å². The number of amides is 1. The van der Waals surface area contributed by atoms with E-state index in [1.54, 1.807) is 6.26 Å². The van der Waals surface area contributed by atoms with Crippen molar-refractivity contribution in [1.29, 1.82) is 0 Å². The Morgan fingerprint density at radius 3 is 2.91 bits per heavy atom. The first-order valence-corrected chi connectivity index (χ1v) is 12.6. The summed E-state index contributed by atoms with van der Waals surface area (Å²) in [5.74, 6) is 1.01. The van der Waals surface area contributed by atoms with Crippen molar-refractivity contribution in [1.82, 2.24) is 5.32 Å². The van der Waals surface area contributed by atoms with Crippen LogP contribution in [0.15, 0.2) is 53.1 Å².